The van der Waals surface area contributed by atoms with Gasteiger partial charge in [-0.15, -0.1) is 0 Å². The van der Waals surface area contributed by atoms with Crippen LogP contribution >= 0.6 is 0 Å². The SMILES string of the molecule is COc1ccc(-c2ccc(-c3ccc(C(=O)O)cc3)cc2)cc1. The number of ether oxygens (including phenoxy) is 1. The van der Waals surface area contributed by atoms with Gasteiger partial charge >= 0.3 is 5.97 Å². The van der Waals surface area contributed by atoms with Crippen molar-refractivity contribution in [3.8, 4) is 28.0 Å². The van der Waals surface area contributed by atoms with Crippen molar-refractivity contribution in [2.45, 2.75) is 0 Å². The van der Waals surface area contributed by atoms with Gasteiger partial charge in [0.05, 0.1) is 12.7 Å². The highest BCUT2D eigenvalue weighted by atomic mass is 16.5. The van der Waals surface area contributed by atoms with Gasteiger partial charge in [0.15, 0.2) is 0 Å². The van der Waals surface area contributed by atoms with Crippen molar-refractivity contribution in [1.29, 1.82) is 0 Å². The van der Waals surface area contributed by atoms with E-state index in [1.54, 1.807) is 19.2 Å². The van der Waals surface area contributed by atoms with Gasteiger partial charge in [-0.25, -0.2) is 4.79 Å². The maximum absolute atomic E-state index is 10.9. The Hall–Kier alpha value is -3.07. The largest absolute Gasteiger partial charge is 0.497 e. The van der Waals surface area contributed by atoms with Gasteiger partial charge < -0.3 is 9.84 Å². The Labute approximate surface area is 134 Å². The molecule has 0 saturated heterocycles. The quantitative estimate of drug-likeness (QED) is 0.758. The molecular formula is C20H16O3. The molecule has 0 aromatic heterocycles. The third kappa shape index (κ3) is 3.24. The van der Waals surface area contributed by atoms with Crippen molar-refractivity contribution in [2.24, 2.45) is 0 Å². The number of benzene rings is 3. The molecule has 0 spiro atoms. The van der Waals surface area contributed by atoms with E-state index in [1.807, 2.05) is 48.5 Å². The first kappa shape index (κ1) is 14.9. The molecule has 0 radical (unpaired) electrons. The molecule has 0 aliphatic heterocycles. The predicted octanol–water partition coefficient (Wildman–Crippen LogP) is 4.73. The van der Waals surface area contributed by atoms with Crippen LogP contribution in [0.2, 0.25) is 0 Å². The maximum Gasteiger partial charge on any atom is 0.335 e. The van der Waals surface area contributed by atoms with Gasteiger partial charge in [0.25, 0.3) is 0 Å². The summed E-state index contributed by atoms with van der Waals surface area (Å²) in [6, 6.07) is 23.0. The van der Waals surface area contributed by atoms with Crippen LogP contribution in [0.5, 0.6) is 5.75 Å². The molecule has 3 heteroatoms. The number of aromatic carboxylic acids is 1. The molecule has 0 fully saturated rings. The molecule has 0 bridgehead atoms. The molecule has 0 unspecified atom stereocenters. The van der Waals surface area contributed by atoms with Crippen LogP contribution < -0.4 is 4.74 Å². The monoisotopic (exact) mass is 304 g/mol. The summed E-state index contributed by atoms with van der Waals surface area (Å²) in [6.07, 6.45) is 0. The van der Waals surface area contributed by atoms with Crippen molar-refractivity contribution >= 4 is 5.97 Å². The lowest BCUT2D eigenvalue weighted by atomic mass is 9.99. The van der Waals surface area contributed by atoms with Crippen molar-refractivity contribution in [2.75, 3.05) is 7.11 Å². The van der Waals surface area contributed by atoms with Gasteiger partial charge in [0.2, 0.25) is 0 Å². The highest BCUT2D eigenvalue weighted by Crippen LogP contribution is 2.26. The number of rotatable bonds is 4. The van der Waals surface area contributed by atoms with E-state index in [1.165, 1.54) is 0 Å². The number of carboxylic acids is 1. The second-order valence-electron chi connectivity index (χ2n) is 5.19. The Morgan fingerprint density at radius 2 is 1.04 bits per heavy atom. The molecule has 0 saturated carbocycles. The van der Waals surface area contributed by atoms with Crippen molar-refractivity contribution in [3.05, 3.63) is 78.4 Å². The second kappa shape index (κ2) is 6.36. The van der Waals surface area contributed by atoms with E-state index in [0.717, 1.165) is 28.0 Å². The lowest BCUT2D eigenvalue weighted by Crippen LogP contribution is -1.94. The highest BCUT2D eigenvalue weighted by molar-refractivity contribution is 5.88. The smallest absolute Gasteiger partial charge is 0.335 e. The minimum absolute atomic E-state index is 0.295. The first-order chi connectivity index (χ1) is 11.2. The van der Waals surface area contributed by atoms with E-state index in [0.29, 0.717) is 5.56 Å². The topological polar surface area (TPSA) is 46.5 Å². The number of hydrogen-bond donors (Lipinski definition) is 1. The van der Waals surface area contributed by atoms with Crippen LogP contribution in [0.4, 0.5) is 0 Å². The fourth-order valence-corrected chi connectivity index (χ4v) is 2.44. The van der Waals surface area contributed by atoms with Gasteiger partial charge in [-0.1, -0.05) is 48.5 Å². The van der Waals surface area contributed by atoms with Crippen molar-refractivity contribution < 1.29 is 14.6 Å². The van der Waals surface area contributed by atoms with Crippen LogP contribution in [0.1, 0.15) is 10.4 Å². The number of carbonyl (C=O) groups is 1. The molecular weight excluding hydrogens is 288 g/mol. The summed E-state index contributed by atoms with van der Waals surface area (Å²) in [6.45, 7) is 0. The molecule has 3 aromatic carbocycles. The third-order valence-corrected chi connectivity index (χ3v) is 3.77. The second-order valence-corrected chi connectivity index (χ2v) is 5.19. The minimum atomic E-state index is -0.911. The zero-order valence-electron chi connectivity index (χ0n) is 12.7. The summed E-state index contributed by atoms with van der Waals surface area (Å²) in [5, 5.41) is 8.94. The first-order valence-corrected chi connectivity index (χ1v) is 7.25. The van der Waals surface area contributed by atoms with E-state index in [4.69, 9.17) is 9.84 Å². The molecule has 23 heavy (non-hydrogen) atoms. The fraction of sp³-hybridized carbons (Fsp3) is 0.0500. The highest BCUT2D eigenvalue weighted by Gasteiger charge is 2.04. The molecule has 0 aliphatic rings. The van der Waals surface area contributed by atoms with Gasteiger partial charge in [-0.3, -0.25) is 0 Å². The van der Waals surface area contributed by atoms with Crippen LogP contribution in [0.25, 0.3) is 22.3 Å². The van der Waals surface area contributed by atoms with E-state index in [2.05, 4.69) is 12.1 Å². The minimum Gasteiger partial charge on any atom is -0.497 e. The Balaban J connectivity index is 1.84. The molecule has 0 atom stereocenters. The third-order valence-electron chi connectivity index (χ3n) is 3.77. The van der Waals surface area contributed by atoms with Gasteiger partial charge in [-0.05, 0) is 46.5 Å². The van der Waals surface area contributed by atoms with E-state index >= 15 is 0 Å². The number of hydrogen-bond acceptors (Lipinski definition) is 2. The summed E-state index contributed by atoms with van der Waals surface area (Å²) in [4.78, 5) is 10.9. The zero-order valence-corrected chi connectivity index (χ0v) is 12.7. The normalized spacial score (nSPS) is 10.3. The summed E-state index contributed by atoms with van der Waals surface area (Å²) in [7, 11) is 1.65. The Morgan fingerprint density at radius 3 is 1.39 bits per heavy atom. The number of carboxylic acid groups (broad SMARTS) is 1. The summed E-state index contributed by atoms with van der Waals surface area (Å²) >= 11 is 0. The lowest BCUT2D eigenvalue weighted by Gasteiger charge is -2.06. The molecule has 3 rings (SSSR count). The maximum atomic E-state index is 10.9. The summed E-state index contributed by atoms with van der Waals surface area (Å²) < 4.78 is 5.17. The average molecular weight is 304 g/mol. The van der Waals surface area contributed by atoms with Crippen LogP contribution in [0.15, 0.2) is 72.8 Å². The van der Waals surface area contributed by atoms with Crippen LogP contribution in [0.3, 0.4) is 0 Å². The molecule has 0 amide bonds. The van der Waals surface area contributed by atoms with Gasteiger partial charge in [-0.2, -0.15) is 0 Å². The molecule has 0 aliphatic carbocycles. The van der Waals surface area contributed by atoms with Crippen LogP contribution in [-0.2, 0) is 0 Å². The summed E-state index contributed by atoms with van der Waals surface area (Å²) in [5.41, 5.74) is 4.59. The first-order valence-electron chi connectivity index (χ1n) is 7.25. The Kier molecular flexibility index (Phi) is 4.11. The molecule has 3 aromatic rings. The fourth-order valence-electron chi connectivity index (χ4n) is 2.44. The van der Waals surface area contributed by atoms with Crippen LogP contribution in [-0.4, -0.2) is 18.2 Å². The number of methoxy groups -OCH3 is 1. The molecule has 114 valence electrons. The Bertz CT molecular complexity index is 801. The van der Waals surface area contributed by atoms with E-state index in [-0.39, 0.29) is 0 Å². The standard InChI is InChI=1S/C20H16O3/c1-23-19-12-10-17(11-13-19)15-4-2-14(3-5-15)16-6-8-18(9-7-16)20(21)22/h2-13H,1H3,(H,21,22). The Morgan fingerprint density at radius 1 is 0.696 bits per heavy atom. The zero-order chi connectivity index (χ0) is 16.2. The molecule has 3 nitrogen and oxygen atoms in total. The van der Waals surface area contributed by atoms with E-state index < -0.39 is 5.97 Å². The molecule has 0 heterocycles. The van der Waals surface area contributed by atoms with Gasteiger partial charge in [0.1, 0.15) is 5.75 Å². The van der Waals surface area contributed by atoms with Crippen LogP contribution in [0, 0.1) is 0 Å². The van der Waals surface area contributed by atoms with Crippen molar-refractivity contribution in [3.63, 3.8) is 0 Å². The summed E-state index contributed by atoms with van der Waals surface area (Å²) in [5.74, 6) is -0.0738. The average Bonchev–Trinajstić information content (AvgIpc) is 2.62. The predicted molar refractivity (Wildman–Crippen MR) is 90.8 cm³/mol. The van der Waals surface area contributed by atoms with Crippen molar-refractivity contribution in [1.82, 2.24) is 0 Å². The molecule has 1 N–H and O–H groups in total. The lowest BCUT2D eigenvalue weighted by molar-refractivity contribution is 0.0697. The van der Waals surface area contributed by atoms with Gasteiger partial charge in [0, 0.05) is 0 Å². The van der Waals surface area contributed by atoms with E-state index in [9.17, 15) is 4.79 Å².